The fourth-order valence-corrected chi connectivity index (χ4v) is 2.31. The van der Waals surface area contributed by atoms with Crippen molar-refractivity contribution in [3.63, 3.8) is 0 Å². The van der Waals surface area contributed by atoms with Gasteiger partial charge in [0.1, 0.15) is 6.10 Å². The Labute approximate surface area is 101 Å². The monoisotopic (exact) mass is 235 g/mol. The van der Waals surface area contributed by atoms with Crippen molar-refractivity contribution in [2.24, 2.45) is 0 Å². The Morgan fingerprint density at radius 3 is 2.82 bits per heavy atom. The van der Waals surface area contributed by atoms with Crippen LogP contribution in [0.2, 0.25) is 0 Å². The molecule has 1 atom stereocenters. The van der Waals surface area contributed by atoms with Crippen LogP contribution in [0, 0.1) is 0 Å². The third-order valence-electron chi connectivity index (χ3n) is 3.22. The number of hydrogen-bond acceptors (Lipinski definition) is 5. The molecule has 92 valence electrons. The lowest BCUT2D eigenvalue weighted by Gasteiger charge is -2.20. The first-order valence-electron chi connectivity index (χ1n) is 6.24. The molecule has 3 heterocycles. The Morgan fingerprint density at radius 2 is 2.06 bits per heavy atom. The van der Waals surface area contributed by atoms with Gasteiger partial charge in [0.15, 0.2) is 5.82 Å². The molecule has 17 heavy (non-hydrogen) atoms. The second-order valence-corrected chi connectivity index (χ2v) is 4.48. The molecule has 0 amide bonds. The lowest BCUT2D eigenvalue weighted by Crippen LogP contribution is -2.23. The Balaban J connectivity index is 1.77. The van der Waals surface area contributed by atoms with Crippen LogP contribution in [0.5, 0.6) is 5.88 Å². The lowest BCUT2D eigenvalue weighted by molar-refractivity contribution is 0.138. The fourth-order valence-electron chi connectivity index (χ4n) is 2.31. The zero-order valence-electron chi connectivity index (χ0n) is 9.84. The summed E-state index contributed by atoms with van der Waals surface area (Å²) in [4.78, 5) is 11.0. The maximum absolute atomic E-state index is 5.88. The molecular formula is C12H17N3O2. The molecule has 5 nitrogen and oxygen atoms in total. The molecule has 2 saturated heterocycles. The molecule has 1 aromatic rings. The first kappa shape index (κ1) is 10.8. The fraction of sp³-hybridized carbons (Fsp3) is 0.667. The molecule has 2 aliphatic heterocycles. The van der Waals surface area contributed by atoms with E-state index in [1.807, 2.05) is 0 Å². The number of anilines is 1. The molecule has 1 unspecified atom stereocenters. The Hall–Kier alpha value is -1.36. The van der Waals surface area contributed by atoms with Crippen LogP contribution in [0.3, 0.4) is 0 Å². The van der Waals surface area contributed by atoms with Gasteiger partial charge in [-0.25, -0.2) is 9.97 Å². The minimum Gasteiger partial charge on any atom is -0.469 e. The summed E-state index contributed by atoms with van der Waals surface area (Å²) in [5.74, 6) is 1.54. The van der Waals surface area contributed by atoms with E-state index >= 15 is 0 Å². The van der Waals surface area contributed by atoms with Gasteiger partial charge >= 0.3 is 0 Å². The van der Waals surface area contributed by atoms with Crippen LogP contribution in [-0.4, -0.2) is 42.4 Å². The van der Waals surface area contributed by atoms with Gasteiger partial charge in [0.2, 0.25) is 0 Å². The summed E-state index contributed by atoms with van der Waals surface area (Å²) < 4.78 is 11.2. The van der Waals surface area contributed by atoms with E-state index in [1.165, 1.54) is 12.8 Å². The zero-order valence-corrected chi connectivity index (χ0v) is 9.84. The van der Waals surface area contributed by atoms with Crippen molar-refractivity contribution in [2.75, 3.05) is 31.2 Å². The van der Waals surface area contributed by atoms with Gasteiger partial charge in [0.05, 0.1) is 13.2 Å². The molecule has 0 N–H and O–H groups in total. The number of rotatable bonds is 3. The van der Waals surface area contributed by atoms with E-state index in [4.69, 9.17) is 9.47 Å². The van der Waals surface area contributed by atoms with Crippen molar-refractivity contribution in [3.05, 3.63) is 12.4 Å². The molecular weight excluding hydrogens is 218 g/mol. The highest BCUT2D eigenvalue weighted by molar-refractivity contribution is 5.48. The maximum Gasteiger partial charge on any atom is 0.257 e. The smallest absolute Gasteiger partial charge is 0.257 e. The van der Waals surface area contributed by atoms with Gasteiger partial charge in [-0.2, -0.15) is 0 Å². The van der Waals surface area contributed by atoms with E-state index < -0.39 is 0 Å². The van der Waals surface area contributed by atoms with Gasteiger partial charge in [-0.3, -0.25) is 0 Å². The molecule has 2 fully saturated rings. The maximum atomic E-state index is 5.88. The van der Waals surface area contributed by atoms with E-state index in [9.17, 15) is 0 Å². The lowest BCUT2D eigenvalue weighted by atomic mass is 10.3. The summed E-state index contributed by atoms with van der Waals surface area (Å²) in [7, 11) is 0. The summed E-state index contributed by atoms with van der Waals surface area (Å²) in [6, 6.07) is 0. The second kappa shape index (κ2) is 4.87. The number of hydrogen-bond donors (Lipinski definition) is 0. The van der Waals surface area contributed by atoms with Gasteiger partial charge < -0.3 is 14.4 Å². The van der Waals surface area contributed by atoms with Crippen molar-refractivity contribution in [1.29, 1.82) is 0 Å². The molecule has 0 aromatic carbocycles. The van der Waals surface area contributed by atoms with Crippen LogP contribution < -0.4 is 9.64 Å². The first-order chi connectivity index (χ1) is 8.43. The molecule has 3 rings (SSSR count). The molecule has 5 heteroatoms. The van der Waals surface area contributed by atoms with E-state index in [1.54, 1.807) is 12.4 Å². The van der Waals surface area contributed by atoms with Gasteiger partial charge in [0.25, 0.3) is 5.88 Å². The standard InChI is InChI=1S/C12H17N3O2/c1-2-7-15(6-1)11-12(14-5-4-13-11)17-10-3-8-16-9-10/h4-5,10H,1-3,6-9H2. The molecule has 2 aliphatic rings. The third-order valence-corrected chi connectivity index (χ3v) is 3.22. The summed E-state index contributed by atoms with van der Waals surface area (Å²) in [6.45, 7) is 3.55. The van der Waals surface area contributed by atoms with Crippen LogP contribution in [0.4, 0.5) is 5.82 Å². The topological polar surface area (TPSA) is 47.5 Å². The van der Waals surface area contributed by atoms with Crippen LogP contribution >= 0.6 is 0 Å². The third kappa shape index (κ3) is 2.34. The molecule has 0 radical (unpaired) electrons. The molecule has 0 bridgehead atoms. The normalized spacial score (nSPS) is 24.2. The summed E-state index contributed by atoms with van der Waals surface area (Å²) >= 11 is 0. The van der Waals surface area contributed by atoms with Crippen LogP contribution in [0.25, 0.3) is 0 Å². The van der Waals surface area contributed by atoms with Gasteiger partial charge in [-0.15, -0.1) is 0 Å². The van der Waals surface area contributed by atoms with Gasteiger partial charge in [-0.05, 0) is 12.8 Å². The highest BCUT2D eigenvalue weighted by Crippen LogP contribution is 2.27. The van der Waals surface area contributed by atoms with Gasteiger partial charge in [-0.1, -0.05) is 0 Å². The van der Waals surface area contributed by atoms with Crippen LogP contribution in [-0.2, 0) is 4.74 Å². The van der Waals surface area contributed by atoms with E-state index in [0.717, 1.165) is 31.9 Å². The first-order valence-corrected chi connectivity index (χ1v) is 6.24. The van der Waals surface area contributed by atoms with Crippen molar-refractivity contribution < 1.29 is 9.47 Å². The number of ether oxygens (including phenoxy) is 2. The Kier molecular flexibility index (Phi) is 3.09. The highest BCUT2D eigenvalue weighted by atomic mass is 16.5. The van der Waals surface area contributed by atoms with Crippen molar-refractivity contribution in [2.45, 2.75) is 25.4 Å². The SMILES string of the molecule is c1cnc(N2CCCC2)c(OC2CCOC2)n1. The van der Waals surface area contributed by atoms with Crippen molar-refractivity contribution in [3.8, 4) is 5.88 Å². The molecule has 0 aliphatic carbocycles. The summed E-state index contributed by atoms with van der Waals surface area (Å²) in [5.41, 5.74) is 0. The summed E-state index contributed by atoms with van der Waals surface area (Å²) in [5, 5.41) is 0. The van der Waals surface area contributed by atoms with Gasteiger partial charge in [0, 0.05) is 31.9 Å². The Bertz CT molecular complexity index is 374. The van der Waals surface area contributed by atoms with Crippen molar-refractivity contribution in [1.82, 2.24) is 9.97 Å². The van der Waals surface area contributed by atoms with E-state index in [2.05, 4.69) is 14.9 Å². The molecule has 0 saturated carbocycles. The van der Waals surface area contributed by atoms with Crippen LogP contribution in [0.1, 0.15) is 19.3 Å². The Morgan fingerprint density at radius 1 is 1.24 bits per heavy atom. The minimum absolute atomic E-state index is 0.132. The average molecular weight is 235 g/mol. The average Bonchev–Trinajstić information content (AvgIpc) is 3.01. The number of aromatic nitrogens is 2. The molecule has 1 aromatic heterocycles. The minimum atomic E-state index is 0.132. The number of nitrogens with zero attached hydrogens (tertiary/aromatic N) is 3. The predicted octanol–water partition coefficient (Wildman–Crippen LogP) is 1.24. The second-order valence-electron chi connectivity index (χ2n) is 4.48. The van der Waals surface area contributed by atoms with Crippen LogP contribution in [0.15, 0.2) is 12.4 Å². The van der Waals surface area contributed by atoms with E-state index in [0.29, 0.717) is 12.5 Å². The molecule has 0 spiro atoms. The highest BCUT2D eigenvalue weighted by Gasteiger charge is 2.23. The summed E-state index contributed by atoms with van der Waals surface area (Å²) in [6.07, 6.45) is 6.94. The largest absolute Gasteiger partial charge is 0.469 e. The predicted molar refractivity (Wildman–Crippen MR) is 63.3 cm³/mol. The van der Waals surface area contributed by atoms with E-state index in [-0.39, 0.29) is 6.10 Å². The van der Waals surface area contributed by atoms with Crippen molar-refractivity contribution >= 4 is 5.82 Å². The quantitative estimate of drug-likeness (QED) is 0.789. The zero-order chi connectivity index (χ0) is 11.5.